The fraction of sp³-hybridized carbons (Fsp3) is 0.714. The SMILES string of the molecule is CC(CCC1=CC(C(F)(F)F)C(C#N)C=C1)CC(=S)N(CCCO)C(C)(C)C. The van der Waals surface area contributed by atoms with E-state index in [1.54, 1.807) is 12.1 Å². The van der Waals surface area contributed by atoms with Crippen LogP contribution >= 0.6 is 12.2 Å². The van der Waals surface area contributed by atoms with E-state index in [0.29, 0.717) is 31.4 Å². The standard InChI is InChI=1S/C21H31F3N2OS/c1-15(12-19(28)26(10-5-11-27)20(2,3)4)6-7-16-8-9-17(14-25)18(13-16)21(22,23)24/h8-9,13,15,17-18,27H,5-7,10-12H2,1-4H3. The van der Waals surface area contributed by atoms with Crippen LogP contribution in [0.4, 0.5) is 13.2 Å². The van der Waals surface area contributed by atoms with Gasteiger partial charge in [0.15, 0.2) is 0 Å². The fourth-order valence-corrected chi connectivity index (χ4v) is 3.96. The zero-order valence-corrected chi connectivity index (χ0v) is 17.9. The molecule has 0 aromatic carbocycles. The number of halogens is 3. The van der Waals surface area contributed by atoms with Crippen LogP contribution in [0.5, 0.6) is 0 Å². The predicted octanol–water partition coefficient (Wildman–Crippen LogP) is 5.42. The highest BCUT2D eigenvalue weighted by atomic mass is 32.1. The number of hydrogen-bond donors (Lipinski definition) is 1. The lowest BCUT2D eigenvalue weighted by atomic mass is 9.84. The van der Waals surface area contributed by atoms with E-state index in [0.717, 1.165) is 11.4 Å². The molecule has 1 rings (SSSR count). The molecule has 3 nitrogen and oxygen atoms in total. The highest BCUT2D eigenvalue weighted by Crippen LogP contribution is 2.38. The zero-order valence-electron chi connectivity index (χ0n) is 17.1. The van der Waals surface area contributed by atoms with Gasteiger partial charge in [0.05, 0.1) is 22.9 Å². The lowest BCUT2D eigenvalue weighted by molar-refractivity contribution is -0.166. The van der Waals surface area contributed by atoms with Crippen LogP contribution in [0.1, 0.15) is 53.4 Å². The summed E-state index contributed by atoms with van der Waals surface area (Å²) >= 11 is 5.61. The summed E-state index contributed by atoms with van der Waals surface area (Å²) in [7, 11) is 0. The lowest BCUT2D eigenvalue weighted by Crippen LogP contribution is -2.46. The zero-order chi connectivity index (χ0) is 21.5. The highest BCUT2D eigenvalue weighted by molar-refractivity contribution is 7.80. The summed E-state index contributed by atoms with van der Waals surface area (Å²) in [5.41, 5.74) is 0.479. The first-order chi connectivity index (χ1) is 12.9. The Morgan fingerprint density at radius 1 is 1.36 bits per heavy atom. The molecule has 0 aliphatic heterocycles. The molecule has 0 aromatic heterocycles. The average molecular weight is 417 g/mol. The molecule has 0 heterocycles. The Labute approximate surface area is 171 Å². The van der Waals surface area contributed by atoms with E-state index in [-0.39, 0.29) is 18.1 Å². The molecule has 0 fully saturated rings. The summed E-state index contributed by atoms with van der Waals surface area (Å²) < 4.78 is 39.5. The van der Waals surface area contributed by atoms with Crippen LogP contribution in [-0.2, 0) is 0 Å². The third-order valence-corrected chi connectivity index (χ3v) is 5.31. The minimum absolute atomic E-state index is 0.106. The summed E-state index contributed by atoms with van der Waals surface area (Å²) in [5, 5.41) is 18.0. The van der Waals surface area contributed by atoms with Gasteiger partial charge in [-0.05, 0) is 46.0 Å². The topological polar surface area (TPSA) is 47.3 Å². The van der Waals surface area contributed by atoms with Crippen molar-refractivity contribution in [3.8, 4) is 6.07 Å². The predicted molar refractivity (Wildman–Crippen MR) is 110 cm³/mol. The van der Waals surface area contributed by atoms with Gasteiger partial charge >= 0.3 is 6.18 Å². The number of rotatable bonds is 8. The molecule has 1 aliphatic rings. The minimum atomic E-state index is -4.41. The molecule has 0 radical (unpaired) electrons. The van der Waals surface area contributed by atoms with E-state index < -0.39 is 18.0 Å². The average Bonchev–Trinajstić information content (AvgIpc) is 2.58. The first-order valence-electron chi connectivity index (χ1n) is 9.66. The van der Waals surface area contributed by atoms with Crippen molar-refractivity contribution in [3.05, 3.63) is 23.8 Å². The van der Waals surface area contributed by atoms with Gasteiger partial charge in [0.2, 0.25) is 0 Å². The maximum Gasteiger partial charge on any atom is 0.396 e. The van der Waals surface area contributed by atoms with Crippen LogP contribution in [-0.4, -0.2) is 39.9 Å². The van der Waals surface area contributed by atoms with Crippen LogP contribution in [0.15, 0.2) is 23.8 Å². The van der Waals surface area contributed by atoms with E-state index >= 15 is 0 Å². The molecule has 1 N–H and O–H groups in total. The van der Waals surface area contributed by atoms with Gasteiger partial charge in [0, 0.05) is 25.1 Å². The van der Waals surface area contributed by atoms with Crippen molar-refractivity contribution in [1.29, 1.82) is 5.26 Å². The first kappa shape index (κ1) is 24.6. The molecule has 0 saturated carbocycles. The van der Waals surface area contributed by atoms with Crippen molar-refractivity contribution in [2.24, 2.45) is 17.8 Å². The number of aliphatic hydroxyl groups is 1. The molecule has 0 bridgehead atoms. The first-order valence-corrected chi connectivity index (χ1v) is 10.1. The molecule has 0 spiro atoms. The van der Waals surface area contributed by atoms with Crippen LogP contribution < -0.4 is 0 Å². The number of thiocarbonyl (C=S) groups is 1. The minimum Gasteiger partial charge on any atom is -0.396 e. The molecule has 28 heavy (non-hydrogen) atoms. The molecule has 158 valence electrons. The Morgan fingerprint density at radius 3 is 2.50 bits per heavy atom. The number of hydrogen-bond acceptors (Lipinski definition) is 3. The second kappa shape index (κ2) is 10.4. The van der Waals surface area contributed by atoms with Crippen molar-refractivity contribution in [2.45, 2.75) is 65.1 Å². The number of allylic oxidation sites excluding steroid dienone is 4. The molecular formula is C21H31F3N2OS. The van der Waals surface area contributed by atoms with Crippen molar-refractivity contribution >= 4 is 17.2 Å². The second-order valence-corrected chi connectivity index (χ2v) is 8.94. The lowest BCUT2D eigenvalue weighted by Gasteiger charge is -2.38. The molecule has 3 unspecified atom stereocenters. The van der Waals surface area contributed by atoms with Crippen LogP contribution in [0.3, 0.4) is 0 Å². The van der Waals surface area contributed by atoms with E-state index in [9.17, 15) is 13.2 Å². The van der Waals surface area contributed by atoms with Gasteiger partial charge in [0.1, 0.15) is 0 Å². The number of aliphatic hydroxyl groups excluding tert-OH is 1. The van der Waals surface area contributed by atoms with Crippen molar-refractivity contribution in [3.63, 3.8) is 0 Å². The number of nitrogens with zero attached hydrogens (tertiary/aromatic N) is 2. The van der Waals surface area contributed by atoms with Crippen LogP contribution in [0.2, 0.25) is 0 Å². The third-order valence-electron chi connectivity index (χ3n) is 4.92. The molecule has 1 aliphatic carbocycles. The van der Waals surface area contributed by atoms with Crippen LogP contribution in [0.25, 0.3) is 0 Å². The molecule has 7 heteroatoms. The van der Waals surface area contributed by atoms with Crippen molar-refractivity contribution < 1.29 is 18.3 Å². The summed E-state index contributed by atoms with van der Waals surface area (Å²) in [6.45, 7) is 9.05. The maximum atomic E-state index is 13.2. The Bertz CT molecular complexity index is 629. The van der Waals surface area contributed by atoms with Gasteiger partial charge in [-0.1, -0.05) is 42.9 Å². The molecule has 0 aromatic rings. The maximum absolute atomic E-state index is 13.2. The summed E-state index contributed by atoms with van der Waals surface area (Å²) in [5.74, 6) is -2.66. The second-order valence-electron chi connectivity index (χ2n) is 8.46. The highest BCUT2D eigenvalue weighted by Gasteiger charge is 2.43. The summed E-state index contributed by atoms with van der Waals surface area (Å²) in [4.78, 5) is 2.94. The van der Waals surface area contributed by atoms with E-state index in [4.69, 9.17) is 22.6 Å². The fourth-order valence-electron chi connectivity index (χ4n) is 3.31. The molecule has 3 atom stereocenters. The Kier molecular flexibility index (Phi) is 9.16. The number of nitriles is 1. The summed E-state index contributed by atoms with van der Waals surface area (Å²) in [6, 6.07) is 1.72. The van der Waals surface area contributed by atoms with Gasteiger partial charge in [-0.2, -0.15) is 18.4 Å². The normalized spacial score (nSPS) is 21.0. The van der Waals surface area contributed by atoms with Crippen LogP contribution in [0, 0.1) is 29.1 Å². The van der Waals surface area contributed by atoms with E-state index in [1.807, 2.05) is 6.92 Å². The van der Waals surface area contributed by atoms with Crippen molar-refractivity contribution in [1.82, 2.24) is 4.90 Å². The quantitative estimate of drug-likeness (QED) is 0.537. The molecule has 0 amide bonds. The van der Waals surface area contributed by atoms with Gasteiger partial charge in [0.25, 0.3) is 0 Å². The number of alkyl halides is 3. The Balaban J connectivity index is 2.67. The van der Waals surface area contributed by atoms with Gasteiger partial charge in [-0.25, -0.2) is 0 Å². The van der Waals surface area contributed by atoms with Gasteiger partial charge < -0.3 is 10.0 Å². The van der Waals surface area contributed by atoms with Crippen molar-refractivity contribution in [2.75, 3.05) is 13.2 Å². The Hall–Kier alpha value is -1.39. The van der Waals surface area contributed by atoms with E-state index in [1.165, 1.54) is 12.2 Å². The molecular weight excluding hydrogens is 385 g/mol. The largest absolute Gasteiger partial charge is 0.396 e. The third kappa shape index (κ3) is 7.56. The smallest absolute Gasteiger partial charge is 0.396 e. The monoisotopic (exact) mass is 416 g/mol. The Morgan fingerprint density at radius 2 is 2.00 bits per heavy atom. The molecule has 0 saturated heterocycles. The van der Waals surface area contributed by atoms with Gasteiger partial charge in [-0.15, -0.1) is 0 Å². The summed E-state index contributed by atoms with van der Waals surface area (Å²) in [6.07, 6.45) is 2.35. The van der Waals surface area contributed by atoms with E-state index in [2.05, 4.69) is 25.7 Å². The van der Waals surface area contributed by atoms with Gasteiger partial charge in [-0.3, -0.25) is 0 Å².